The summed E-state index contributed by atoms with van der Waals surface area (Å²) in [5, 5.41) is 13.7. The summed E-state index contributed by atoms with van der Waals surface area (Å²) >= 11 is 0. The molecule has 0 aliphatic carbocycles. The van der Waals surface area contributed by atoms with Crippen LogP contribution < -0.4 is 15.5 Å². The van der Waals surface area contributed by atoms with Crippen LogP contribution in [0.2, 0.25) is 0 Å². The molecule has 6 nitrogen and oxygen atoms in total. The topological polar surface area (TPSA) is 81.7 Å². The number of rotatable bonds is 4. The summed E-state index contributed by atoms with van der Waals surface area (Å²) in [5.41, 5.74) is 3.53. The lowest BCUT2D eigenvalue weighted by Gasteiger charge is -2.18. The molecule has 0 spiro atoms. The second kappa shape index (κ2) is 6.83. The van der Waals surface area contributed by atoms with Crippen LogP contribution in [0.25, 0.3) is 0 Å². The highest BCUT2D eigenvalue weighted by molar-refractivity contribution is 6.08. The Morgan fingerprint density at radius 2 is 1.52 bits per heavy atom. The van der Waals surface area contributed by atoms with Crippen molar-refractivity contribution in [3.05, 3.63) is 53.6 Å². The second-order valence-electron chi connectivity index (χ2n) is 5.38. The standard InChI is InChI=1S/C17H19N3O3/c1-11-4-9-14(15(10-11)20(2)3)16(21)18-12-5-7-13(8-6-12)19-17(22)23/h4-10,19H,1-3H3,(H,18,21)(H,22,23). The largest absolute Gasteiger partial charge is 0.465 e. The van der Waals surface area contributed by atoms with E-state index in [0.717, 1.165) is 11.3 Å². The van der Waals surface area contributed by atoms with Gasteiger partial charge in [-0.2, -0.15) is 0 Å². The zero-order chi connectivity index (χ0) is 17.0. The Kier molecular flexibility index (Phi) is 4.85. The molecule has 2 rings (SSSR count). The SMILES string of the molecule is Cc1ccc(C(=O)Nc2ccc(NC(=O)O)cc2)c(N(C)C)c1. The summed E-state index contributed by atoms with van der Waals surface area (Å²) in [7, 11) is 3.77. The molecule has 2 aromatic rings. The van der Waals surface area contributed by atoms with Crippen LogP contribution in [0, 0.1) is 6.92 Å². The van der Waals surface area contributed by atoms with Gasteiger partial charge in [-0.05, 0) is 48.9 Å². The number of hydrogen-bond donors (Lipinski definition) is 3. The number of nitrogens with zero attached hydrogens (tertiary/aromatic N) is 1. The van der Waals surface area contributed by atoms with Gasteiger partial charge in [-0.25, -0.2) is 4.79 Å². The van der Waals surface area contributed by atoms with Crippen LogP contribution >= 0.6 is 0 Å². The molecule has 0 aliphatic heterocycles. The molecule has 0 aromatic heterocycles. The molecular weight excluding hydrogens is 294 g/mol. The number of nitrogens with one attached hydrogen (secondary N) is 2. The third-order valence-electron chi connectivity index (χ3n) is 3.27. The lowest BCUT2D eigenvalue weighted by molar-refractivity contribution is 0.102. The Labute approximate surface area is 134 Å². The quantitative estimate of drug-likeness (QED) is 0.808. The van der Waals surface area contributed by atoms with Gasteiger partial charge < -0.3 is 15.3 Å². The highest BCUT2D eigenvalue weighted by Gasteiger charge is 2.13. The van der Waals surface area contributed by atoms with Gasteiger partial charge >= 0.3 is 6.09 Å². The van der Waals surface area contributed by atoms with Crippen molar-refractivity contribution in [1.29, 1.82) is 0 Å². The van der Waals surface area contributed by atoms with Crippen LogP contribution in [0.3, 0.4) is 0 Å². The van der Waals surface area contributed by atoms with E-state index in [0.29, 0.717) is 16.9 Å². The number of carbonyl (C=O) groups excluding carboxylic acids is 1. The number of carboxylic acid groups (broad SMARTS) is 1. The number of hydrogen-bond acceptors (Lipinski definition) is 3. The van der Waals surface area contributed by atoms with Gasteiger partial charge in [-0.1, -0.05) is 6.07 Å². The molecule has 0 radical (unpaired) electrons. The molecule has 0 fully saturated rings. The summed E-state index contributed by atoms with van der Waals surface area (Å²) in [4.78, 5) is 24.9. The summed E-state index contributed by atoms with van der Waals surface area (Å²) in [5.74, 6) is -0.215. The Balaban J connectivity index is 2.17. The Morgan fingerprint density at radius 1 is 0.957 bits per heavy atom. The minimum atomic E-state index is -1.13. The Morgan fingerprint density at radius 3 is 2.04 bits per heavy atom. The van der Waals surface area contributed by atoms with Crippen LogP contribution in [0.5, 0.6) is 0 Å². The average molecular weight is 313 g/mol. The number of carbonyl (C=O) groups is 2. The maximum atomic E-state index is 12.5. The van der Waals surface area contributed by atoms with E-state index in [-0.39, 0.29) is 5.91 Å². The molecule has 0 bridgehead atoms. The van der Waals surface area contributed by atoms with Crippen LogP contribution in [-0.2, 0) is 0 Å². The van der Waals surface area contributed by atoms with Crippen LogP contribution in [0.1, 0.15) is 15.9 Å². The Hall–Kier alpha value is -3.02. The van der Waals surface area contributed by atoms with E-state index in [9.17, 15) is 9.59 Å². The lowest BCUT2D eigenvalue weighted by atomic mass is 10.1. The van der Waals surface area contributed by atoms with E-state index in [1.807, 2.05) is 38.1 Å². The average Bonchev–Trinajstić information content (AvgIpc) is 2.48. The molecule has 0 atom stereocenters. The van der Waals surface area contributed by atoms with E-state index in [2.05, 4.69) is 10.6 Å². The van der Waals surface area contributed by atoms with Crippen molar-refractivity contribution < 1.29 is 14.7 Å². The monoisotopic (exact) mass is 313 g/mol. The van der Waals surface area contributed by atoms with Gasteiger partial charge in [0, 0.05) is 31.2 Å². The van der Waals surface area contributed by atoms with Gasteiger partial charge in [-0.3, -0.25) is 10.1 Å². The van der Waals surface area contributed by atoms with Gasteiger partial charge in [-0.15, -0.1) is 0 Å². The summed E-state index contributed by atoms with van der Waals surface area (Å²) in [6, 6.07) is 12.1. The number of aryl methyl sites for hydroxylation is 1. The molecule has 0 heterocycles. The predicted octanol–water partition coefficient (Wildman–Crippen LogP) is 3.40. The zero-order valence-corrected chi connectivity index (χ0v) is 13.3. The van der Waals surface area contributed by atoms with Crippen molar-refractivity contribution >= 4 is 29.1 Å². The lowest BCUT2D eigenvalue weighted by Crippen LogP contribution is -2.18. The van der Waals surface area contributed by atoms with Crippen molar-refractivity contribution in [1.82, 2.24) is 0 Å². The van der Waals surface area contributed by atoms with Gasteiger partial charge in [0.05, 0.1) is 5.56 Å². The van der Waals surface area contributed by atoms with Crippen LogP contribution in [0.4, 0.5) is 21.9 Å². The van der Waals surface area contributed by atoms with Crippen molar-refractivity contribution in [2.24, 2.45) is 0 Å². The van der Waals surface area contributed by atoms with Gasteiger partial charge in [0.1, 0.15) is 0 Å². The molecular formula is C17H19N3O3. The smallest absolute Gasteiger partial charge is 0.409 e. The summed E-state index contributed by atoms with van der Waals surface area (Å²) in [6.45, 7) is 1.98. The minimum Gasteiger partial charge on any atom is -0.465 e. The molecule has 3 N–H and O–H groups in total. The Bertz CT molecular complexity index is 724. The van der Waals surface area contributed by atoms with E-state index >= 15 is 0 Å². The molecule has 0 saturated carbocycles. The first-order valence-electron chi connectivity index (χ1n) is 7.06. The fourth-order valence-electron chi connectivity index (χ4n) is 2.16. The number of anilines is 3. The van der Waals surface area contributed by atoms with Crippen molar-refractivity contribution in [2.75, 3.05) is 29.6 Å². The molecule has 2 aromatic carbocycles. The van der Waals surface area contributed by atoms with E-state index < -0.39 is 6.09 Å². The molecule has 0 aliphatic rings. The van der Waals surface area contributed by atoms with E-state index in [1.54, 1.807) is 30.3 Å². The maximum Gasteiger partial charge on any atom is 0.409 e. The third-order valence-corrected chi connectivity index (χ3v) is 3.27. The van der Waals surface area contributed by atoms with Crippen molar-refractivity contribution in [2.45, 2.75) is 6.92 Å². The van der Waals surface area contributed by atoms with Crippen molar-refractivity contribution in [3.8, 4) is 0 Å². The molecule has 2 amide bonds. The van der Waals surface area contributed by atoms with Gasteiger partial charge in [0.25, 0.3) is 5.91 Å². The van der Waals surface area contributed by atoms with Crippen molar-refractivity contribution in [3.63, 3.8) is 0 Å². The highest BCUT2D eigenvalue weighted by Crippen LogP contribution is 2.22. The first-order valence-corrected chi connectivity index (χ1v) is 7.06. The normalized spacial score (nSPS) is 10.0. The summed E-state index contributed by atoms with van der Waals surface area (Å²) < 4.78 is 0. The first-order chi connectivity index (χ1) is 10.9. The summed E-state index contributed by atoms with van der Waals surface area (Å²) in [6.07, 6.45) is -1.13. The predicted molar refractivity (Wildman–Crippen MR) is 91.5 cm³/mol. The zero-order valence-electron chi connectivity index (χ0n) is 13.3. The molecule has 6 heteroatoms. The highest BCUT2D eigenvalue weighted by atomic mass is 16.4. The van der Waals surface area contributed by atoms with Crippen LogP contribution in [0.15, 0.2) is 42.5 Å². The third kappa shape index (κ3) is 4.23. The maximum absolute atomic E-state index is 12.5. The molecule has 120 valence electrons. The fraction of sp³-hybridized carbons (Fsp3) is 0.176. The molecule has 0 saturated heterocycles. The molecule has 23 heavy (non-hydrogen) atoms. The van der Waals surface area contributed by atoms with Gasteiger partial charge in [0.2, 0.25) is 0 Å². The van der Waals surface area contributed by atoms with E-state index in [4.69, 9.17) is 5.11 Å². The van der Waals surface area contributed by atoms with E-state index in [1.165, 1.54) is 0 Å². The second-order valence-corrected chi connectivity index (χ2v) is 5.38. The van der Waals surface area contributed by atoms with Gasteiger partial charge in [0.15, 0.2) is 0 Å². The fourth-order valence-corrected chi connectivity index (χ4v) is 2.16. The molecule has 0 unspecified atom stereocenters. The van der Waals surface area contributed by atoms with Crippen LogP contribution in [-0.4, -0.2) is 31.2 Å². The minimum absolute atomic E-state index is 0.215. The first kappa shape index (κ1) is 16.4. The number of benzene rings is 2. The number of amides is 2.